The molecule has 4 atom stereocenters. The lowest BCUT2D eigenvalue weighted by Gasteiger charge is -2.45. The Kier molecular flexibility index (Phi) is 11.7. The summed E-state index contributed by atoms with van der Waals surface area (Å²) in [5, 5.41) is 17.0. The van der Waals surface area contributed by atoms with E-state index < -0.39 is 41.0 Å². The molecule has 3 aromatic heterocycles. The van der Waals surface area contributed by atoms with Gasteiger partial charge in [0.05, 0.1) is 37.9 Å². The molecule has 0 saturated carbocycles. The van der Waals surface area contributed by atoms with Gasteiger partial charge in [-0.2, -0.15) is 4.73 Å². The second kappa shape index (κ2) is 16.7. The smallest absolute Gasteiger partial charge is 0.328 e. The largest absolute Gasteiger partial charge is 0.618 e. The van der Waals surface area contributed by atoms with Crippen molar-refractivity contribution in [3.8, 4) is 5.75 Å². The van der Waals surface area contributed by atoms with E-state index in [0.717, 1.165) is 10.4 Å². The first kappa shape index (κ1) is 39.9. The van der Waals surface area contributed by atoms with E-state index in [1.807, 2.05) is 42.5 Å². The Morgan fingerprint density at radius 1 is 1.00 bits per heavy atom. The highest BCUT2D eigenvalue weighted by molar-refractivity contribution is 7.52. The molecule has 1 aliphatic heterocycles. The first-order chi connectivity index (χ1) is 27.4. The van der Waals surface area contributed by atoms with Gasteiger partial charge in [-0.25, -0.2) is 15.0 Å². The normalized spacial score (nSPS) is 18.3. The zero-order valence-electron chi connectivity index (χ0n) is 32.1. The number of ether oxygens (including phenoxy) is 2. The van der Waals surface area contributed by atoms with Crippen molar-refractivity contribution in [2.24, 2.45) is 0 Å². The Balaban J connectivity index is 1.21. The van der Waals surface area contributed by atoms with Crippen molar-refractivity contribution in [3.63, 3.8) is 0 Å². The zero-order chi connectivity index (χ0) is 40.2. The van der Waals surface area contributed by atoms with Crippen LogP contribution in [0.1, 0.15) is 55.9 Å². The molecule has 1 fully saturated rings. The number of aromatic nitrogens is 5. The summed E-state index contributed by atoms with van der Waals surface area (Å²) >= 11 is 0. The molecule has 0 spiro atoms. The molecule has 0 radical (unpaired) electrons. The molecule has 57 heavy (non-hydrogen) atoms. The standard InChI is InChI=1S/C41H45N6O8PSi/c1-41(2,3)57(32-16-10-6-11-17-32,33-18-12-7-13-19-33)55-35-25-36(54-34(35)21-23-56(50,51)53-26-30-24-31(52-4)20-22-47(30)49)46-28-44-37-38(42-27-43-39(37)46)45-40(48)29-14-8-5-9-15-29/h5-20,22,24,27-28,34-36H,21,23,25-26H2,1-4H3,(H,50,51)(H,42,43,45,48)/t34-,35+,36-/m1/s1. The number of rotatable bonds is 14. The van der Waals surface area contributed by atoms with E-state index in [4.69, 9.17) is 18.4 Å². The molecule has 14 nitrogen and oxygen atoms in total. The molecule has 2 N–H and O–H groups in total. The molecule has 1 unspecified atom stereocenters. The number of pyridine rings is 1. The van der Waals surface area contributed by atoms with Crippen LogP contribution in [-0.2, 0) is 24.9 Å². The third kappa shape index (κ3) is 8.54. The lowest BCUT2D eigenvalue weighted by molar-refractivity contribution is -0.616. The van der Waals surface area contributed by atoms with Crippen LogP contribution in [0, 0.1) is 5.21 Å². The third-order valence-corrected chi connectivity index (χ3v) is 16.6. The van der Waals surface area contributed by atoms with Gasteiger partial charge >= 0.3 is 7.60 Å². The molecule has 296 valence electrons. The highest BCUT2D eigenvalue weighted by Crippen LogP contribution is 2.47. The van der Waals surface area contributed by atoms with Crippen LogP contribution in [0.15, 0.2) is 122 Å². The van der Waals surface area contributed by atoms with E-state index in [1.54, 1.807) is 35.2 Å². The minimum absolute atomic E-state index is 0.0998. The molecular weight excluding hydrogens is 764 g/mol. The number of nitrogens with zero attached hydrogens (tertiary/aromatic N) is 5. The van der Waals surface area contributed by atoms with Gasteiger partial charge in [0.25, 0.3) is 14.2 Å². The molecule has 7 rings (SSSR count). The van der Waals surface area contributed by atoms with Gasteiger partial charge in [-0.05, 0) is 34.0 Å². The van der Waals surface area contributed by atoms with Crippen molar-refractivity contribution >= 4 is 49.2 Å². The number of amides is 1. The fourth-order valence-corrected chi connectivity index (χ4v) is 13.1. The van der Waals surface area contributed by atoms with E-state index in [9.17, 15) is 19.5 Å². The molecule has 16 heteroatoms. The first-order valence-electron chi connectivity index (χ1n) is 18.6. The Bertz CT molecular complexity index is 2320. The summed E-state index contributed by atoms with van der Waals surface area (Å²) in [6, 6.07) is 32.2. The van der Waals surface area contributed by atoms with E-state index in [0.29, 0.717) is 33.6 Å². The van der Waals surface area contributed by atoms with E-state index in [-0.39, 0.29) is 35.0 Å². The Morgan fingerprint density at radius 2 is 1.65 bits per heavy atom. The summed E-state index contributed by atoms with van der Waals surface area (Å²) in [7, 11) is -5.90. The lowest BCUT2D eigenvalue weighted by Crippen LogP contribution is -2.68. The number of carbonyl (C=O) groups is 1. The second-order valence-corrected chi connectivity index (χ2v) is 21.1. The maximum Gasteiger partial charge on any atom is 0.328 e. The lowest BCUT2D eigenvalue weighted by atomic mass is 10.1. The van der Waals surface area contributed by atoms with Crippen LogP contribution in [0.5, 0.6) is 5.75 Å². The molecular formula is C41H45N6O8PSi. The van der Waals surface area contributed by atoms with E-state index >= 15 is 0 Å². The molecule has 4 heterocycles. The predicted molar refractivity (Wildman–Crippen MR) is 217 cm³/mol. The minimum atomic E-state index is -4.24. The number of benzene rings is 3. The molecule has 1 saturated heterocycles. The minimum Gasteiger partial charge on any atom is -0.618 e. The van der Waals surface area contributed by atoms with Gasteiger partial charge in [0.15, 0.2) is 23.2 Å². The summed E-state index contributed by atoms with van der Waals surface area (Å²) in [4.78, 5) is 37.6. The topological polar surface area (TPSA) is 174 Å². The fourth-order valence-electron chi connectivity index (χ4n) is 7.36. The molecule has 1 aliphatic rings. The van der Waals surface area contributed by atoms with Crippen LogP contribution in [0.25, 0.3) is 11.2 Å². The van der Waals surface area contributed by atoms with Crippen LogP contribution < -0.4 is 25.2 Å². The molecule has 3 aromatic carbocycles. The second-order valence-electron chi connectivity index (χ2n) is 14.9. The number of imidazole rings is 1. The Hall–Kier alpha value is -5.28. The number of fused-ring (bicyclic) bond motifs is 1. The van der Waals surface area contributed by atoms with E-state index in [1.165, 1.54) is 31.8 Å². The molecule has 1 amide bonds. The van der Waals surface area contributed by atoms with Crippen molar-refractivity contribution in [2.45, 2.75) is 63.7 Å². The Labute approximate surface area is 331 Å². The predicted octanol–water partition coefficient (Wildman–Crippen LogP) is 5.75. The number of anilines is 1. The summed E-state index contributed by atoms with van der Waals surface area (Å²) in [5.74, 6) is 0.328. The van der Waals surface area contributed by atoms with Crippen LogP contribution in [-0.4, -0.2) is 64.1 Å². The SMILES string of the molecule is COc1cc[n+]([O-])c(COP(=O)(O)CC[C@H]2O[C@@H](n3cnc4c(NC(=O)c5ccccc5)ncnc43)C[C@@H]2O[Si](c2ccccc2)(c2ccccc2)C(C)(C)C)c1. The molecule has 0 aliphatic carbocycles. The third-order valence-electron chi connectivity index (χ3n) is 10.2. The van der Waals surface area contributed by atoms with Gasteiger partial charge in [-0.1, -0.05) is 99.6 Å². The van der Waals surface area contributed by atoms with Crippen LogP contribution in [0.2, 0.25) is 5.04 Å². The highest BCUT2D eigenvalue weighted by atomic mass is 31.2. The monoisotopic (exact) mass is 808 g/mol. The molecule has 0 bridgehead atoms. The van der Waals surface area contributed by atoms with Gasteiger partial charge in [0.1, 0.15) is 24.9 Å². The average molecular weight is 809 g/mol. The summed E-state index contributed by atoms with van der Waals surface area (Å²) in [6.45, 7) is 6.16. The summed E-state index contributed by atoms with van der Waals surface area (Å²) in [5.41, 5.74) is 1.40. The van der Waals surface area contributed by atoms with Crippen molar-refractivity contribution in [1.82, 2.24) is 19.5 Å². The number of hydrogen-bond acceptors (Lipinski definition) is 10. The first-order valence-corrected chi connectivity index (χ1v) is 22.3. The summed E-state index contributed by atoms with van der Waals surface area (Å²) < 4.78 is 40.9. The van der Waals surface area contributed by atoms with E-state index in [2.05, 4.69) is 65.3 Å². The zero-order valence-corrected chi connectivity index (χ0v) is 34.0. The van der Waals surface area contributed by atoms with Crippen molar-refractivity contribution in [1.29, 1.82) is 0 Å². The van der Waals surface area contributed by atoms with Gasteiger partial charge < -0.3 is 29.3 Å². The van der Waals surface area contributed by atoms with Crippen LogP contribution in [0.3, 0.4) is 0 Å². The van der Waals surface area contributed by atoms with Crippen LogP contribution >= 0.6 is 7.60 Å². The fraction of sp³-hybridized carbons (Fsp3) is 0.293. The average Bonchev–Trinajstić information content (AvgIpc) is 3.84. The van der Waals surface area contributed by atoms with Crippen molar-refractivity contribution in [3.05, 3.63) is 138 Å². The van der Waals surface area contributed by atoms with Crippen molar-refractivity contribution in [2.75, 3.05) is 18.6 Å². The maximum absolute atomic E-state index is 13.6. The quantitative estimate of drug-likeness (QED) is 0.0594. The number of methoxy groups -OCH3 is 1. The van der Waals surface area contributed by atoms with Gasteiger partial charge in [-0.3, -0.25) is 18.5 Å². The number of carbonyl (C=O) groups excluding carboxylic acids is 1. The van der Waals surface area contributed by atoms with Crippen molar-refractivity contribution < 1.29 is 37.4 Å². The van der Waals surface area contributed by atoms with Gasteiger partial charge in [0.2, 0.25) is 5.69 Å². The van der Waals surface area contributed by atoms with Gasteiger partial charge in [0, 0.05) is 18.1 Å². The van der Waals surface area contributed by atoms with Crippen LogP contribution in [0.4, 0.5) is 5.82 Å². The molecule has 6 aromatic rings. The summed E-state index contributed by atoms with van der Waals surface area (Å²) in [6.07, 6.45) is 2.52. The Morgan fingerprint density at radius 3 is 2.28 bits per heavy atom. The van der Waals surface area contributed by atoms with Gasteiger partial charge in [-0.15, -0.1) is 0 Å². The highest BCUT2D eigenvalue weighted by Gasteiger charge is 2.54. The number of nitrogens with one attached hydrogen (secondary N) is 1. The maximum atomic E-state index is 13.6. The number of hydrogen-bond donors (Lipinski definition) is 2.